The Morgan fingerprint density at radius 2 is 2.00 bits per heavy atom. The molecule has 0 bridgehead atoms. The van der Waals surface area contributed by atoms with Crippen LogP contribution in [0.5, 0.6) is 0 Å². The van der Waals surface area contributed by atoms with E-state index in [-0.39, 0.29) is 11.6 Å². The number of hydrogen-bond donors (Lipinski definition) is 1. The maximum Gasteiger partial charge on any atom is 0.293 e. The number of ether oxygens (including phenoxy) is 2. The van der Waals surface area contributed by atoms with Crippen LogP contribution in [-0.4, -0.2) is 49.5 Å². The number of rotatable bonds is 6. The van der Waals surface area contributed by atoms with Gasteiger partial charge in [0, 0.05) is 44.1 Å². The second-order valence-electron chi connectivity index (χ2n) is 6.66. The summed E-state index contributed by atoms with van der Waals surface area (Å²) in [6.45, 7) is 5.03. The molecule has 1 amide bonds. The zero-order valence-electron chi connectivity index (χ0n) is 15.0. The first kappa shape index (κ1) is 18.6. The van der Waals surface area contributed by atoms with Crippen LogP contribution >= 0.6 is 0 Å². The second-order valence-corrected chi connectivity index (χ2v) is 6.66. The molecular formula is C18H25N3O5. The Morgan fingerprint density at radius 3 is 2.62 bits per heavy atom. The molecule has 0 atom stereocenters. The van der Waals surface area contributed by atoms with Gasteiger partial charge in [-0.3, -0.25) is 14.9 Å². The molecule has 8 nitrogen and oxygen atoms in total. The lowest BCUT2D eigenvalue weighted by Crippen LogP contribution is -2.45. The van der Waals surface area contributed by atoms with Gasteiger partial charge < -0.3 is 19.7 Å². The fourth-order valence-electron chi connectivity index (χ4n) is 3.43. The van der Waals surface area contributed by atoms with Crippen LogP contribution in [0, 0.1) is 10.1 Å². The lowest BCUT2D eigenvalue weighted by atomic mass is 10.0. The molecule has 2 aliphatic rings. The van der Waals surface area contributed by atoms with Gasteiger partial charge in [0.05, 0.1) is 18.1 Å². The van der Waals surface area contributed by atoms with E-state index in [9.17, 15) is 14.9 Å². The molecule has 1 spiro atoms. The molecular weight excluding hydrogens is 338 g/mol. The number of nitro groups is 1. The van der Waals surface area contributed by atoms with E-state index in [1.807, 2.05) is 11.8 Å². The molecule has 0 unspecified atom stereocenters. The molecule has 3 rings (SSSR count). The number of carbonyl (C=O) groups excluding carboxylic acids is 1. The van der Waals surface area contributed by atoms with Crippen molar-refractivity contribution in [3.05, 3.63) is 33.9 Å². The Labute approximate surface area is 152 Å². The first-order valence-corrected chi connectivity index (χ1v) is 9.14. The molecule has 1 aromatic rings. The SMILES string of the molecule is CCCCNC(=O)c1ccc(N2CCC3(CC2)OCCO3)c([N+](=O)[O-])c1. The highest BCUT2D eigenvalue weighted by atomic mass is 16.7. The van der Waals surface area contributed by atoms with Crippen molar-refractivity contribution in [3.63, 3.8) is 0 Å². The van der Waals surface area contributed by atoms with Crippen LogP contribution < -0.4 is 10.2 Å². The summed E-state index contributed by atoms with van der Waals surface area (Å²) in [7, 11) is 0. The predicted octanol–water partition coefficient (Wildman–Crippen LogP) is 2.47. The summed E-state index contributed by atoms with van der Waals surface area (Å²) in [5.74, 6) is -0.803. The van der Waals surface area contributed by atoms with Crippen molar-refractivity contribution in [2.45, 2.75) is 38.4 Å². The van der Waals surface area contributed by atoms with Crippen molar-refractivity contribution >= 4 is 17.3 Å². The van der Waals surface area contributed by atoms with E-state index in [1.165, 1.54) is 6.07 Å². The summed E-state index contributed by atoms with van der Waals surface area (Å²) in [6, 6.07) is 4.68. The molecule has 2 aliphatic heterocycles. The van der Waals surface area contributed by atoms with Gasteiger partial charge in [0.15, 0.2) is 5.79 Å². The normalized spacial score (nSPS) is 18.9. The maximum atomic E-state index is 12.2. The van der Waals surface area contributed by atoms with Crippen LogP contribution in [0.4, 0.5) is 11.4 Å². The summed E-state index contributed by atoms with van der Waals surface area (Å²) in [6.07, 6.45) is 3.20. The van der Waals surface area contributed by atoms with Gasteiger partial charge in [-0.1, -0.05) is 13.3 Å². The molecule has 0 radical (unpaired) electrons. The number of nitrogens with one attached hydrogen (secondary N) is 1. The molecule has 26 heavy (non-hydrogen) atoms. The van der Waals surface area contributed by atoms with Crippen molar-refractivity contribution < 1.29 is 19.2 Å². The number of carbonyl (C=O) groups is 1. The van der Waals surface area contributed by atoms with Gasteiger partial charge in [-0.2, -0.15) is 0 Å². The lowest BCUT2D eigenvalue weighted by Gasteiger charge is -2.38. The molecule has 1 N–H and O–H groups in total. The monoisotopic (exact) mass is 363 g/mol. The molecule has 0 saturated carbocycles. The third kappa shape index (κ3) is 3.96. The van der Waals surface area contributed by atoms with E-state index in [2.05, 4.69) is 5.32 Å². The zero-order chi connectivity index (χ0) is 18.6. The van der Waals surface area contributed by atoms with Gasteiger partial charge in [0.1, 0.15) is 5.69 Å². The van der Waals surface area contributed by atoms with Gasteiger partial charge in [-0.15, -0.1) is 0 Å². The summed E-state index contributed by atoms with van der Waals surface area (Å²) >= 11 is 0. The third-order valence-corrected chi connectivity index (χ3v) is 4.93. The van der Waals surface area contributed by atoms with E-state index >= 15 is 0 Å². The molecule has 0 aliphatic carbocycles. The third-order valence-electron chi connectivity index (χ3n) is 4.93. The van der Waals surface area contributed by atoms with Gasteiger partial charge >= 0.3 is 0 Å². The molecule has 2 heterocycles. The van der Waals surface area contributed by atoms with E-state index in [0.29, 0.717) is 56.9 Å². The van der Waals surface area contributed by atoms with Gasteiger partial charge in [0.2, 0.25) is 0 Å². The van der Waals surface area contributed by atoms with E-state index in [1.54, 1.807) is 12.1 Å². The fourth-order valence-corrected chi connectivity index (χ4v) is 3.43. The molecule has 142 valence electrons. The van der Waals surface area contributed by atoms with E-state index in [4.69, 9.17) is 9.47 Å². The first-order chi connectivity index (χ1) is 12.5. The highest BCUT2D eigenvalue weighted by molar-refractivity contribution is 5.95. The Kier molecular flexibility index (Phi) is 5.73. The first-order valence-electron chi connectivity index (χ1n) is 9.14. The topological polar surface area (TPSA) is 93.9 Å². The number of nitro benzene ring substituents is 1. The van der Waals surface area contributed by atoms with Crippen LogP contribution in [-0.2, 0) is 9.47 Å². The predicted molar refractivity (Wildman–Crippen MR) is 96.4 cm³/mol. The molecule has 0 aromatic heterocycles. The highest BCUT2D eigenvalue weighted by Crippen LogP contribution is 2.36. The average molecular weight is 363 g/mol. The summed E-state index contributed by atoms with van der Waals surface area (Å²) in [5.41, 5.74) is 0.804. The zero-order valence-corrected chi connectivity index (χ0v) is 15.0. The highest BCUT2D eigenvalue weighted by Gasteiger charge is 2.40. The molecule has 1 aromatic carbocycles. The Morgan fingerprint density at radius 1 is 1.31 bits per heavy atom. The van der Waals surface area contributed by atoms with Crippen LogP contribution in [0.25, 0.3) is 0 Å². The van der Waals surface area contributed by atoms with Crippen LogP contribution in [0.1, 0.15) is 43.0 Å². The second kappa shape index (κ2) is 8.01. The standard InChI is InChI=1S/C18H25N3O5/c1-2-3-8-19-17(22)14-4-5-15(16(13-14)21(23)24)20-9-6-18(7-10-20)25-11-12-26-18/h4-5,13H,2-3,6-12H2,1H3,(H,19,22). The van der Waals surface area contributed by atoms with Gasteiger partial charge in [-0.25, -0.2) is 0 Å². The van der Waals surface area contributed by atoms with Crippen LogP contribution in [0.3, 0.4) is 0 Å². The Balaban J connectivity index is 1.73. The number of anilines is 1. The number of nitrogens with zero attached hydrogens (tertiary/aromatic N) is 2. The smallest absolute Gasteiger partial charge is 0.293 e. The summed E-state index contributed by atoms with van der Waals surface area (Å²) in [5, 5.41) is 14.3. The minimum absolute atomic E-state index is 0.0441. The van der Waals surface area contributed by atoms with Crippen molar-refractivity contribution in [2.75, 3.05) is 37.7 Å². The van der Waals surface area contributed by atoms with E-state index in [0.717, 1.165) is 12.8 Å². The van der Waals surface area contributed by atoms with Crippen molar-refractivity contribution in [3.8, 4) is 0 Å². The van der Waals surface area contributed by atoms with Crippen molar-refractivity contribution in [1.29, 1.82) is 0 Å². The number of benzene rings is 1. The average Bonchev–Trinajstić information content (AvgIpc) is 3.10. The van der Waals surface area contributed by atoms with E-state index < -0.39 is 10.7 Å². The van der Waals surface area contributed by atoms with Crippen LogP contribution in [0.2, 0.25) is 0 Å². The fraction of sp³-hybridized carbons (Fsp3) is 0.611. The number of piperidine rings is 1. The molecule has 2 fully saturated rings. The Hall–Kier alpha value is -2.19. The minimum atomic E-state index is -0.523. The number of amides is 1. The quantitative estimate of drug-likeness (QED) is 0.474. The summed E-state index contributed by atoms with van der Waals surface area (Å²) < 4.78 is 11.4. The van der Waals surface area contributed by atoms with Gasteiger partial charge in [0.25, 0.3) is 11.6 Å². The van der Waals surface area contributed by atoms with Gasteiger partial charge in [-0.05, 0) is 18.6 Å². The minimum Gasteiger partial charge on any atom is -0.366 e. The molecule has 8 heteroatoms. The Bertz CT molecular complexity index is 663. The van der Waals surface area contributed by atoms with Crippen molar-refractivity contribution in [1.82, 2.24) is 5.32 Å². The lowest BCUT2D eigenvalue weighted by molar-refractivity contribution is -0.384. The van der Waals surface area contributed by atoms with Crippen LogP contribution in [0.15, 0.2) is 18.2 Å². The number of hydrogen-bond acceptors (Lipinski definition) is 6. The maximum absolute atomic E-state index is 12.2. The summed E-state index contributed by atoms with van der Waals surface area (Å²) in [4.78, 5) is 25.3. The number of unbranched alkanes of at least 4 members (excludes halogenated alkanes) is 1. The molecule has 2 saturated heterocycles. The largest absolute Gasteiger partial charge is 0.366 e. The van der Waals surface area contributed by atoms with Crippen molar-refractivity contribution in [2.24, 2.45) is 0 Å².